The molecule has 0 aliphatic carbocycles. The molecule has 0 radical (unpaired) electrons. The van der Waals surface area contributed by atoms with Crippen LogP contribution in [0.2, 0.25) is 0 Å². The first-order chi connectivity index (χ1) is 24.7. The number of hydrogen-bond donors (Lipinski definition) is 0. The van der Waals surface area contributed by atoms with Crippen molar-refractivity contribution in [3.05, 3.63) is 168 Å². The van der Waals surface area contributed by atoms with Crippen LogP contribution in [0.25, 0.3) is 77.2 Å². The van der Waals surface area contributed by atoms with Crippen molar-refractivity contribution < 1.29 is 0 Å². The molecule has 0 aliphatic rings. The number of rotatable bonds is 4. The summed E-state index contributed by atoms with van der Waals surface area (Å²) < 4.78 is 4.37. The summed E-state index contributed by atoms with van der Waals surface area (Å²) in [5, 5.41) is 33.9. The number of benzene rings is 7. The quantitative estimate of drug-likeness (QED) is 0.193. The number of hydrogen-bond acceptors (Lipinski definition) is 3. The molecule has 230 valence electrons. The van der Waals surface area contributed by atoms with E-state index in [-0.39, 0.29) is 0 Å². The predicted octanol–water partition coefficient (Wildman–Crippen LogP) is 10.8. The maximum Gasteiger partial charge on any atom is 0.101 e. The van der Waals surface area contributed by atoms with Crippen LogP contribution in [-0.2, 0) is 0 Å². The van der Waals surface area contributed by atoms with E-state index in [0.717, 1.165) is 77.2 Å². The standard InChI is InChI=1S/C45H25N5/c46-26-29-14-21-44-39(23-29)37-9-3-6-12-43(37)49(44)40-22-19-33(25-34(40)28-48)31-15-17-32(18-16-31)35-7-1-4-10-41(35)50-42-11-5-2-8-36(42)38-20-13-30(27-47)24-45(38)50/h1-25H. The molecule has 0 saturated heterocycles. The van der Waals surface area contributed by atoms with Gasteiger partial charge < -0.3 is 9.13 Å². The van der Waals surface area contributed by atoms with Crippen molar-refractivity contribution in [1.29, 1.82) is 15.8 Å². The number of nitriles is 3. The summed E-state index contributed by atoms with van der Waals surface area (Å²) in [7, 11) is 0. The second-order valence-corrected chi connectivity index (χ2v) is 12.3. The van der Waals surface area contributed by atoms with E-state index >= 15 is 0 Å². The molecule has 0 atom stereocenters. The minimum atomic E-state index is 0.562. The van der Waals surface area contributed by atoms with E-state index in [1.165, 1.54) is 0 Å². The molecule has 5 heteroatoms. The first-order valence-corrected chi connectivity index (χ1v) is 16.3. The van der Waals surface area contributed by atoms with Gasteiger partial charge in [-0.05, 0) is 77.4 Å². The summed E-state index contributed by atoms with van der Waals surface area (Å²) in [5.74, 6) is 0. The SMILES string of the molecule is N#Cc1ccc2c(c1)c1ccccc1n2-c1ccc(-c2ccc(-c3ccccc3-n3c4ccccc4c4ccc(C#N)cc43)cc2)cc1C#N. The van der Waals surface area contributed by atoms with Crippen LogP contribution in [-0.4, -0.2) is 9.13 Å². The van der Waals surface area contributed by atoms with Crippen molar-refractivity contribution in [3.8, 4) is 51.8 Å². The lowest BCUT2D eigenvalue weighted by Gasteiger charge is -2.15. The lowest BCUT2D eigenvalue weighted by Crippen LogP contribution is -1.98. The van der Waals surface area contributed by atoms with Crippen molar-refractivity contribution in [1.82, 2.24) is 9.13 Å². The van der Waals surface area contributed by atoms with Gasteiger partial charge in [0.15, 0.2) is 0 Å². The lowest BCUT2D eigenvalue weighted by molar-refractivity contribution is 1.17. The smallest absolute Gasteiger partial charge is 0.101 e. The topological polar surface area (TPSA) is 81.2 Å². The van der Waals surface area contributed by atoms with Crippen LogP contribution < -0.4 is 0 Å². The summed E-state index contributed by atoms with van der Waals surface area (Å²) in [6.07, 6.45) is 0. The summed E-state index contributed by atoms with van der Waals surface area (Å²) in [5.41, 5.74) is 11.7. The third-order valence-electron chi connectivity index (χ3n) is 9.64. The van der Waals surface area contributed by atoms with E-state index in [1.54, 1.807) is 0 Å². The molecular formula is C45H25N5. The van der Waals surface area contributed by atoms with E-state index in [4.69, 9.17) is 0 Å². The van der Waals surface area contributed by atoms with Gasteiger partial charge in [0, 0.05) is 27.1 Å². The molecule has 0 fully saturated rings. The Morgan fingerprint density at radius 3 is 1.66 bits per heavy atom. The summed E-state index contributed by atoms with van der Waals surface area (Å²) >= 11 is 0. The van der Waals surface area contributed by atoms with E-state index < -0.39 is 0 Å². The second kappa shape index (κ2) is 11.4. The van der Waals surface area contributed by atoms with Crippen LogP contribution in [0.1, 0.15) is 16.7 Å². The minimum absolute atomic E-state index is 0.562. The van der Waals surface area contributed by atoms with E-state index in [9.17, 15) is 15.8 Å². The highest BCUT2D eigenvalue weighted by Crippen LogP contribution is 2.38. The van der Waals surface area contributed by atoms with Gasteiger partial charge in [0.05, 0.1) is 62.3 Å². The van der Waals surface area contributed by atoms with Crippen molar-refractivity contribution in [2.24, 2.45) is 0 Å². The number of fused-ring (bicyclic) bond motifs is 6. The van der Waals surface area contributed by atoms with Gasteiger partial charge in [-0.15, -0.1) is 0 Å². The van der Waals surface area contributed by atoms with E-state index in [1.807, 2.05) is 78.9 Å². The Hall–Kier alpha value is -7.39. The fraction of sp³-hybridized carbons (Fsp3) is 0. The minimum Gasteiger partial charge on any atom is -0.309 e. The van der Waals surface area contributed by atoms with Crippen molar-refractivity contribution in [2.45, 2.75) is 0 Å². The maximum absolute atomic E-state index is 10.4. The Kier molecular flexibility index (Phi) is 6.56. The van der Waals surface area contributed by atoms with Crippen LogP contribution >= 0.6 is 0 Å². The Labute approximate surface area is 287 Å². The van der Waals surface area contributed by atoms with Gasteiger partial charge >= 0.3 is 0 Å². The average molecular weight is 636 g/mol. The monoisotopic (exact) mass is 635 g/mol. The fourth-order valence-electron chi connectivity index (χ4n) is 7.36. The highest BCUT2D eigenvalue weighted by molar-refractivity contribution is 6.11. The predicted molar refractivity (Wildman–Crippen MR) is 200 cm³/mol. The number of para-hydroxylation sites is 3. The normalized spacial score (nSPS) is 11.1. The molecule has 2 aromatic heterocycles. The Morgan fingerprint density at radius 1 is 0.360 bits per heavy atom. The van der Waals surface area contributed by atoms with E-state index in [0.29, 0.717) is 16.7 Å². The summed E-state index contributed by atoms with van der Waals surface area (Å²) in [4.78, 5) is 0. The molecule has 0 aliphatic heterocycles. The highest BCUT2D eigenvalue weighted by atomic mass is 15.0. The zero-order valence-corrected chi connectivity index (χ0v) is 26.7. The van der Waals surface area contributed by atoms with Gasteiger partial charge in [-0.2, -0.15) is 15.8 Å². The van der Waals surface area contributed by atoms with Crippen molar-refractivity contribution in [2.75, 3.05) is 0 Å². The Bertz CT molecular complexity index is 2960. The molecule has 9 aromatic rings. The largest absolute Gasteiger partial charge is 0.309 e. The molecule has 5 nitrogen and oxygen atoms in total. The van der Waals surface area contributed by atoms with Crippen molar-refractivity contribution in [3.63, 3.8) is 0 Å². The molecule has 2 heterocycles. The molecule has 7 aromatic carbocycles. The van der Waals surface area contributed by atoms with Gasteiger partial charge in [-0.3, -0.25) is 0 Å². The number of nitrogens with zero attached hydrogens (tertiary/aromatic N) is 5. The molecule has 50 heavy (non-hydrogen) atoms. The molecule has 0 unspecified atom stereocenters. The third-order valence-corrected chi connectivity index (χ3v) is 9.64. The van der Waals surface area contributed by atoms with E-state index in [2.05, 4.69) is 100 Å². The molecule has 0 amide bonds. The van der Waals surface area contributed by atoms with Crippen LogP contribution in [0, 0.1) is 34.0 Å². The molecule has 0 bridgehead atoms. The average Bonchev–Trinajstić information content (AvgIpc) is 3.69. The Morgan fingerprint density at radius 2 is 0.920 bits per heavy atom. The van der Waals surface area contributed by atoms with Crippen molar-refractivity contribution >= 4 is 43.6 Å². The van der Waals surface area contributed by atoms with Crippen LogP contribution in [0.3, 0.4) is 0 Å². The summed E-state index contributed by atoms with van der Waals surface area (Å²) in [6.45, 7) is 0. The zero-order valence-electron chi connectivity index (χ0n) is 26.7. The highest BCUT2D eigenvalue weighted by Gasteiger charge is 2.18. The van der Waals surface area contributed by atoms with Gasteiger partial charge in [0.1, 0.15) is 6.07 Å². The van der Waals surface area contributed by atoms with Gasteiger partial charge in [-0.25, -0.2) is 0 Å². The second-order valence-electron chi connectivity index (χ2n) is 12.3. The molecule has 0 spiro atoms. The van der Waals surface area contributed by atoms with Gasteiger partial charge in [0.25, 0.3) is 0 Å². The maximum atomic E-state index is 10.4. The molecule has 0 saturated carbocycles. The van der Waals surface area contributed by atoms with Gasteiger partial charge in [0.2, 0.25) is 0 Å². The zero-order chi connectivity index (χ0) is 33.8. The summed E-state index contributed by atoms with van der Waals surface area (Å²) in [6, 6.07) is 57.9. The third kappa shape index (κ3) is 4.38. The first-order valence-electron chi connectivity index (χ1n) is 16.3. The molecular weight excluding hydrogens is 611 g/mol. The van der Waals surface area contributed by atoms with Crippen LogP contribution in [0.15, 0.2) is 152 Å². The number of aromatic nitrogens is 2. The van der Waals surface area contributed by atoms with Gasteiger partial charge in [-0.1, -0.05) is 91.0 Å². The Balaban J connectivity index is 1.14. The van der Waals surface area contributed by atoms with Crippen LogP contribution in [0.4, 0.5) is 0 Å². The lowest BCUT2D eigenvalue weighted by atomic mass is 9.97. The van der Waals surface area contributed by atoms with Crippen LogP contribution in [0.5, 0.6) is 0 Å². The molecule has 9 rings (SSSR count). The fourth-order valence-corrected chi connectivity index (χ4v) is 7.36. The first kappa shape index (κ1) is 28.8. The molecule has 0 N–H and O–H groups in total.